The van der Waals surface area contributed by atoms with Crippen molar-refractivity contribution in [3.8, 4) is 0 Å². The van der Waals surface area contributed by atoms with Crippen LogP contribution in [0.3, 0.4) is 0 Å². The van der Waals surface area contributed by atoms with Crippen molar-refractivity contribution in [1.29, 1.82) is 0 Å². The topological polar surface area (TPSA) is 8.81 Å². The molecule has 1 aromatic rings. The van der Waals surface area contributed by atoms with Gasteiger partial charge in [-0.3, -0.25) is 0 Å². The fourth-order valence-electron chi connectivity index (χ4n) is 5.61. The van der Waals surface area contributed by atoms with Gasteiger partial charge in [0, 0.05) is 6.92 Å². The second-order valence-corrected chi connectivity index (χ2v) is 11.7. The number of aromatic nitrogens is 2. The molecular formula is C34H67N2+. The van der Waals surface area contributed by atoms with E-state index < -0.39 is 0 Å². The van der Waals surface area contributed by atoms with E-state index >= 15 is 0 Å². The highest BCUT2D eigenvalue weighted by Crippen LogP contribution is 2.14. The molecule has 0 saturated carbocycles. The van der Waals surface area contributed by atoms with Crippen LogP contribution in [-0.4, -0.2) is 4.57 Å². The highest BCUT2D eigenvalue weighted by Gasteiger charge is 2.11. The minimum Gasteiger partial charge on any atom is -0.234 e. The third-order valence-electron chi connectivity index (χ3n) is 8.26. The number of nitrogens with zero attached hydrogens (tertiary/aromatic N) is 2. The van der Waals surface area contributed by atoms with Crippen molar-refractivity contribution in [2.45, 2.75) is 201 Å². The molecule has 36 heavy (non-hydrogen) atoms. The van der Waals surface area contributed by atoms with Crippen molar-refractivity contribution >= 4 is 0 Å². The first-order chi connectivity index (χ1) is 17.8. The Morgan fingerprint density at radius 2 is 0.806 bits per heavy atom. The number of hydrogen-bond donors (Lipinski definition) is 0. The normalized spacial score (nSPS) is 11.5. The molecule has 0 atom stereocenters. The molecule has 1 rings (SSSR count). The van der Waals surface area contributed by atoms with E-state index in [0.29, 0.717) is 0 Å². The molecule has 0 fully saturated rings. The van der Waals surface area contributed by atoms with Crippen molar-refractivity contribution in [3.63, 3.8) is 0 Å². The Bertz CT molecular complexity index is 562. The van der Waals surface area contributed by atoms with E-state index in [1.165, 1.54) is 186 Å². The number of unbranched alkanes of at least 4 members (excludes halogenated alkanes) is 24. The van der Waals surface area contributed by atoms with Gasteiger partial charge < -0.3 is 0 Å². The van der Waals surface area contributed by atoms with E-state index in [1.54, 1.807) is 0 Å². The van der Waals surface area contributed by atoms with Gasteiger partial charge in [-0.1, -0.05) is 155 Å². The Morgan fingerprint density at radius 3 is 1.19 bits per heavy atom. The molecule has 0 saturated heterocycles. The predicted molar refractivity (Wildman–Crippen MR) is 161 cm³/mol. The molecule has 0 aliphatic carbocycles. The van der Waals surface area contributed by atoms with Gasteiger partial charge in [0.05, 0.1) is 13.1 Å². The van der Waals surface area contributed by atoms with E-state index in [4.69, 9.17) is 0 Å². The zero-order valence-electron chi connectivity index (χ0n) is 25.3. The lowest BCUT2D eigenvalue weighted by molar-refractivity contribution is -0.702. The largest absolute Gasteiger partial charge is 0.253 e. The van der Waals surface area contributed by atoms with Crippen LogP contribution in [0, 0.1) is 6.92 Å². The highest BCUT2D eigenvalue weighted by molar-refractivity contribution is 4.79. The van der Waals surface area contributed by atoms with Gasteiger partial charge in [0.25, 0.3) is 5.82 Å². The second-order valence-electron chi connectivity index (χ2n) is 11.7. The molecule has 0 radical (unpaired) electrons. The maximum atomic E-state index is 2.49. The predicted octanol–water partition coefficient (Wildman–Crippen LogP) is 11.3. The summed E-state index contributed by atoms with van der Waals surface area (Å²) in [5.74, 6) is 1.45. The van der Waals surface area contributed by atoms with E-state index in [-0.39, 0.29) is 0 Å². The summed E-state index contributed by atoms with van der Waals surface area (Å²) < 4.78 is 4.97. The molecule has 0 unspecified atom stereocenters. The Balaban J connectivity index is 1.90. The van der Waals surface area contributed by atoms with E-state index in [0.717, 1.165) is 0 Å². The zero-order valence-corrected chi connectivity index (χ0v) is 25.3. The minimum absolute atomic E-state index is 1.20. The van der Waals surface area contributed by atoms with Gasteiger partial charge in [-0.05, 0) is 25.7 Å². The van der Waals surface area contributed by atoms with Crippen LogP contribution in [0.1, 0.15) is 187 Å². The summed E-state index contributed by atoms with van der Waals surface area (Å²) in [5.41, 5.74) is 0. The molecule has 0 amide bonds. The van der Waals surface area contributed by atoms with Gasteiger partial charge in [0.15, 0.2) is 0 Å². The molecule has 0 aliphatic rings. The van der Waals surface area contributed by atoms with Crippen molar-refractivity contribution in [2.24, 2.45) is 0 Å². The van der Waals surface area contributed by atoms with Crippen LogP contribution < -0.4 is 4.57 Å². The second kappa shape index (κ2) is 25.8. The monoisotopic (exact) mass is 504 g/mol. The molecule has 1 heterocycles. The maximum Gasteiger partial charge on any atom is 0.253 e. The van der Waals surface area contributed by atoms with Gasteiger partial charge in [-0.2, -0.15) is 0 Å². The summed E-state index contributed by atoms with van der Waals surface area (Å²) in [5, 5.41) is 0. The maximum absolute atomic E-state index is 2.49. The lowest BCUT2D eigenvalue weighted by atomic mass is 10.0. The lowest BCUT2D eigenvalue weighted by Gasteiger charge is -2.04. The number of hydrogen-bond acceptors (Lipinski definition) is 0. The molecule has 0 spiro atoms. The molecule has 1 aromatic heterocycles. The van der Waals surface area contributed by atoms with Crippen LogP contribution in [0.5, 0.6) is 0 Å². The van der Waals surface area contributed by atoms with Crippen LogP contribution >= 0.6 is 0 Å². The highest BCUT2D eigenvalue weighted by atomic mass is 15.1. The Kier molecular flexibility index (Phi) is 23.9. The number of aryl methyl sites for hydroxylation is 2. The van der Waals surface area contributed by atoms with Crippen LogP contribution in [0.4, 0.5) is 0 Å². The summed E-state index contributed by atoms with van der Waals surface area (Å²) >= 11 is 0. The van der Waals surface area contributed by atoms with Crippen LogP contribution in [0.25, 0.3) is 0 Å². The summed E-state index contributed by atoms with van der Waals surface area (Å²) in [6.45, 7) is 9.32. The van der Waals surface area contributed by atoms with Gasteiger partial charge in [-0.25, -0.2) is 9.13 Å². The molecule has 0 bridgehead atoms. The third kappa shape index (κ3) is 19.3. The fourth-order valence-corrected chi connectivity index (χ4v) is 5.61. The van der Waals surface area contributed by atoms with Crippen LogP contribution in [0.15, 0.2) is 12.4 Å². The summed E-state index contributed by atoms with van der Waals surface area (Å²) in [6, 6.07) is 0. The summed E-state index contributed by atoms with van der Waals surface area (Å²) in [4.78, 5) is 0. The van der Waals surface area contributed by atoms with Crippen molar-refractivity contribution in [3.05, 3.63) is 18.2 Å². The first-order valence-electron chi connectivity index (χ1n) is 16.8. The number of rotatable bonds is 28. The van der Waals surface area contributed by atoms with Crippen LogP contribution in [0.2, 0.25) is 0 Å². The molecule has 212 valence electrons. The van der Waals surface area contributed by atoms with Gasteiger partial charge in [0.1, 0.15) is 12.4 Å². The van der Waals surface area contributed by atoms with Gasteiger partial charge >= 0.3 is 0 Å². The summed E-state index contributed by atoms with van der Waals surface area (Å²) in [7, 11) is 0. The minimum atomic E-state index is 1.20. The van der Waals surface area contributed by atoms with Crippen molar-refractivity contribution < 1.29 is 4.57 Å². The standard InChI is InChI=1S/C34H67N2/c1-4-6-8-10-12-14-16-18-19-21-23-25-27-29-31-36-33-32-35(34(36)3)30-28-26-24-22-20-17-15-13-11-9-7-5-2/h32-33H,4-31H2,1-3H3/q+1. The fraction of sp³-hybridized carbons (Fsp3) is 0.912. The smallest absolute Gasteiger partial charge is 0.234 e. The van der Waals surface area contributed by atoms with Gasteiger partial charge in [0.2, 0.25) is 0 Å². The van der Waals surface area contributed by atoms with Crippen molar-refractivity contribution in [1.82, 2.24) is 4.57 Å². The Hall–Kier alpha value is -0.790. The van der Waals surface area contributed by atoms with E-state index in [1.807, 2.05) is 0 Å². The lowest BCUT2D eigenvalue weighted by Crippen LogP contribution is -2.35. The van der Waals surface area contributed by atoms with Crippen LogP contribution in [-0.2, 0) is 13.1 Å². The summed E-state index contributed by atoms with van der Waals surface area (Å²) in [6.07, 6.45) is 41.9. The van der Waals surface area contributed by atoms with Crippen molar-refractivity contribution in [2.75, 3.05) is 0 Å². The molecule has 0 aromatic carbocycles. The average molecular weight is 504 g/mol. The average Bonchev–Trinajstić information content (AvgIpc) is 3.23. The molecule has 0 N–H and O–H groups in total. The zero-order chi connectivity index (χ0) is 25.9. The number of imidazole rings is 1. The molecular weight excluding hydrogens is 436 g/mol. The molecule has 2 nitrogen and oxygen atoms in total. The van der Waals surface area contributed by atoms with Gasteiger partial charge in [-0.15, -0.1) is 0 Å². The first kappa shape index (κ1) is 33.2. The molecule has 0 aliphatic heterocycles. The third-order valence-corrected chi connectivity index (χ3v) is 8.26. The Morgan fingerprint density at radius 1 is 0.472 bits per heavy atom. The Labute approximate surface area is 228 Å². The SMILES string of the molecule is CCCCCCCCCCCCCCCC[n+]1ccn(CCCCCCCCCCCCCC)c1C. The first-order valence-corrected chi connectivity index (χ1v) is 16.8. The molecule has 2 heteroatoms. The quantitative estimate of drug-likeness (QED) is 0.0794. The van der Waals surface area contributed by atoms with E-state index in [2.05, 4.69) is 42.3 Å². The van der Waals surface area contributed by atoms with E-state index in [9.17, 15) is 0 Å².